The van der Waals surface area contributed by atoms with E-state index in [-0.39, 0.29) is 34.3 Å². The molecule has 3 rings (SSSR count). The lowest BCUT2D eigenvalue weighted by molar-refractivity contribution is -0.383. The van der Waals surface area contributed by atoms with Crippen molar-refractivity contribution < 1.29 is 13.7 Å². The summed E-state index contributed by atoms with van der Waals surface area (Å²) in [5.74, 6) is -0.171. The van der Waals surface area contributed by atoms with E-state index in [0.29, 0.717) is 6.54 Å². The van der Waals surface area contributed by atoms with Gasteiger partial charge in [-0.25, -0.2) is 9.29 Å². The highest BCUT2D eigenvalue weighted by atomic mass is 35.5. The fourth-order valence-electron chi connectivity index (χ4n) is 3.64. The molecule has 1 fully saturated rings. The zero-order valence-electron chi connectivity index (χ0n) is 16.9. The first-order valence-electron chi connectivity index (χ1n) is 9.83. The van der Waals surface area contributed by atoms with Crippen molar-refractivity contribution >= 4 is 40.1 Å². The highest BCUT2D eigenvalue weighted by Gasteiger charge is 2.26. The van der Waals surface area contributed by atoms with Crippen molar-refractivity contribution in [3.63, 3.8) is 0 Å². The average molecular weight is 468 g/mol. The van der Waals surface area contributed by atoms with Gasteiger partial charge in [0.2, 0.25) is 5.82 Å². The summed E-state index contributed by atoms with van der Waals surface area (Å²) in [6, 6.07) is -0.261. The standard InChI is InChI=1S/C19H25ClN6O4S/c1-2-25(31(29)30)15-5-3-13(4-6-15)12-24-9-7-14(8-10-24)23-17-16(20)11-22-19(21)18(17)26(27)28/h3-6,11-12,14-15H,2,7-10H2,1H3,(H,29,30)(H3,21,22,23)/p-1. The number of pyridine rings is 1. The number of hydrogen-bond donors (Lipinski definition) is 2. The molecule has 1 aromatic rings. The van der Waals surface area contributed by atoms with Crippen LogP contribution in [0.4, 0.5) is 17.2 Å². The van der Waals surface area contributed by atoms with Crippen LogP contribution in [0.1, 0.15) is 19.8 Å². The number of nitrogen functional groups attached to an aromatic ring is 1. The Bertz CT molecular complexity index is 930. The number of nitro groups is 1. The highest BCUT2D eigenvalue weighted by Crippen LogP contribution is 2.36. The molecule has 0 saturated carbocycles. The maximum Gasteiger partial charge on any atom is 0.335 e. The molecule has 1 aliphatic heterocycles. The van der Waals surface area contributed by atoms with Gasteiger partial charge >= 0.3 is 5.69 Å². The van der Waals surface area contributed by atoms with Crippen LogP contribution in [-0.4, -0.2) is 59.6 Å². The molecule has 168 valence electrons. The molecular formula is C19H24ClN6O4S-. The molecule has 1 aromatic heterocycles. The first-order valence-corrected chi connectivity index (χ1v) is 11.2. The molecule has 12 heteroatoms. The Morgan fingerprint density at radius 1 is 1.42 bits per heavy atom. The van der Waals surface area contributed by atoms with Crippen molar-refractivity contribution in [1.82, 2.24) is 14.2 Å². The lowest BCUT2D eigenvalue weighted by Crippen LogP contribution is -2.37. The van der Waals surface area contributed by atoms with Gasteiger partial charge in [-0.3, -0.25) is 14.3 Å². The number of hydrogen-bond acceptors (Lipinski definition) is 8. The Morgan fingerprint density at radius 3 is 2.61 bits per heavy atom. The molecule has 0 radical (unpaired) electrons. The summed E-state index contributed by atoms with van der Waals surface area (Å²) in [4.78, 5) is 16.7. The van der Waals surface area contributed by atoms with Gasteiger partial charge in [-0.1, -0.05) is 42.8 Å². The number of likely N-dealkylation sites (N-methyl/N-ethyl adjacent to an activating group) is 1. The van der Waals surface area contributed by atoms with E-state index in [9.17, 15) is 18.9 Å². The van der Waals surface area contributed by atoms with Gasteiger partial charge in [-0.2, -0.15) is 0 Å². The number of likely N-dealkylation sites (tertiary alicyclic amines) is 1. The van der Waals surface area contributed by atoms with Crippen molar-refractivity contribution in [3.05, 3.63) is 57.4 Å². The largest absolute Gasteiger partial charge is 0.760 e. The number of nitrogens with one attached hydrogen (secondary N) is 1. The van der Waals surface area contributed by atoms with Crippen LogP contribution in [0.2, 0.25) is 5.02 Å². The summed E-state index contributed by atoms with van der Waals surface area (Å²) in [5, 5.41) is 14.7. The van der Waals surface area contributed by atoms with Crippen LogP contribution in [0.15, 0.2) is 42.3 Å². The minimum absolute atomic E-state index is 0.0135. The Kier molecular flexibility index (Phi) is 7.65. The van der Waals surface area contributed by atoms with E-state index in [1.54, 1.807) is 6.92 Å². The normalized spacial score (nSPS) is 20.2. The van der Waals surface area contributed by atoms with Crippen LogP contribution in [0.3, 0.4) is 0 Å². The van der Waals surface area contributed by atoms with Gasteiger partial charge in [0.05, 0.1) is 22.2 Å². The van der Waals surface area contributed by atoms with Crippen LogP contribution >= 0.6 is 11.6 Å². The van der Waals surface area contributed by atoms with E-state index in [0.717, 1.165) is 31.5 Å². The number of anilines is 2. The second-order valence-electron chi connectivity index (χ2n) is 7.22. The molecule has 0 bridgehead atoms. The molecule has 31 heavy (non-hydrogen) atoms. The molecule has 0 amide bonds. The molecule has 2 heterocycles. The van der Waals surface area contributed by atoms with Gasteiger partial charge in [0, 0.05) is 43.1 Å². The van der Waals surface area contributed by atoms with E-state index < -0.39 is 16.2 Å². The van der Waals surface area contributed by atoms with Crippen molar-refractivity contribution in [2.75, 3.05) is 30.7 Å². The lowest BCUT2D eigenvalue weighted by Gasteiger charge is -2.33. The van der Waals surface area contributed by atoms with Crippen molar-refractivity contribution in [2.24, 2.45) is 0 Å². The van der Waals surface area contributed by atoms with Crippen LogP contribution < -0.4 is 11.1 Å². The van der Waals surface area contributed by atoms with E-state index in [1.165, 1.54) is 10.5 Å². The van der Waals surface area contributed by atoms with Gasteiger partial charge in [0.1, 0.15) is 5.69 Å². The quantitative estimate of drug-likeness (QED) is 0.354. The van der Waals surface area contributed by atoms with Crippen LogP contribution in [0, 0.1) is 10.1 Å². The molecule has 3 N–H and O–H groups in total. The summed E-state index contributed by atoms with van der Waals surface area (Å²) in [6.45, 7) is 3.71. The number of nitrogens with two attached hydrogens (primary N) is 1. The number of halogens is 1. The summed E-state index contributed by atoms with van der Waals surface area (Å²) in [5.41, 5.74) is 6.54. The molecule has 0 spiro atoms. The zero-order chi connectivity index (χ0) is 22.5. The number of nitrogens with zero attached hydrogens (tertiary/aromatic N) is 4. The fourth-order valence-corrected chi connectivity index (χ4v) is 4.38. The predicted octanol–water partition coefficient (Wildman–Crippen LogP) is 2.60. The van der Waals surface area contributed by atoms with Crippen molar-refractivity contribution in [3.8, 4) is 0 Å². The number of rotatable bonds is 7. The SMILES string of the molecule is CCN(C1C=CC(=CN2CCC(Nc3c(Cl)cnc(N)c3[N+](=O)[O-])CC2)C=C1)S(=O)[O-]. The molecule has 1 atom stereocenters. The van der Waals surface area contributed by atoms with Gasteiger partial charge in [-0.05, 0) is 18.4 Å². The smallest absolute Gasteiger partial charge is 0.335 e. The van der Waals surface area contributed by atoms with E-state index in [4.69, 9.17) is 17.3 Å². The van der Waals surface area contributed by atoms with Gasteiger partial charge in [0.25, 0.3) is 0 Å². The Balaban J connectivity index is 1.59. The minimum Gasteiger partial charge on any atom is -0.760 e. The molecule has 1 unspecified atom stereocenters. The second kappa shape index (κ2) is 10.2. The fraction of sp³-hybridized carbons (Fsp3) is 0.421. The number of aromatic nitrogens is 1. The number of piperidine rings is 1. The minimum atomic E-state index is -2.27. The van der Waals surface area contributed by atoms with E-state index >= 15 is 0 Å². The molecule has 0 aromatic carbocycles. The topological polar surface area (TPSA) is 141 Å². The first-order chi connectivity index (χ1) is 14.8. The average Bonchev–Trinajstić information content (AvgIpc) is 2.73. The predicted molar refractivity (Wildman–Crippen MR) is 120 cm³/mol. The van der Waals surface area contributed by atoms with Crippen LogP contribution in [-0.2, 0) is 11.3 Å². The van der Waals surface area contributed by atoms with Crippen LogP contribution in [0.5, 0.6) is 0 Å². The summed E-state index contributed by atoms with van der Waals surface area (Å²) >= 11 is 3.86. The first kappa shape index (κ1) is 23.2. The van der Waals surface area contributed by atoms with E-state index in [2.05, 4.69) is 15.2 Å². The molecule has 1 saturated heterocycles. The van der Waals surface area contributed by atoms with Gasteiger partial charge in [0.15, 0.2) is 0 Å². The molecule has 10 nitrogen and oxygen atoms in total. The third kappa shape index (κ3) is 5.62. The number of allylic oxidation sites excluding steroid dienone is 3. The highest BCUT2D eigenvalue weighted by molar-refractivity contribution is 7.76. The Labute approximate surface area is 188 Å². The van der Waals surface area contributed by atoms with Crippen molar-refractivity contribution in [1.29, 1.82) is 0 Å². The summed E-state index contributed by atoms with van der Waals surface area (Å²) in [6.07, 6.45) is 12.4. The van der Waals surface area contributed by atoms with Crippen molar-refractivity contribution in [2.45, 2.75) is 31.8 Å². The van der Waals surface area contributed by atoms with Gasteiger partial charge in [-0.15, -0.1) is 0 Å². The second-order valence-corrected chi connectivity index (χ2v) is 8.53. The summed E-state index contributed by atoms with van der Waals surface area (Å²) in [7, 11) is 0. The van der Waals surface area contributed by atoms with E-state index in [1.807, 2.05) is 30.5 Å². The zero-order valence-corrected chi connectivity index (χ0v) is 18.5. The lowest BCUT2D eigenvalue weighted by atomic mass is 10.0. The Hall–Kier alpha value is -2.47. The molecule has 1 aliphatic carbocycles. The third-order valence-corrected chi connectivity index (χ3v) is 6.41. The maximum absolute atomic E-state index is 11.4. The third-order valence-electron chi connectivity index (χ3n) is 5.23. The van der Waals surface area contributed by atoms with Crippen LogP contribution in [0.25, 0.3) is 0 Å². The van der Waals surface area contributed by atoms with Gasteiger partial charge < -0.3 is 20.5 Å². The maximum atomic E-state index is 11.4. The summed E-state index contributed by atoms with van der Waals surface area (Å²) < 4.78 is 23.9. The molecular weight excluding hydrogens is 444 g/mol. The monoisotopic (exact) mass is 467 g/mol. The molecule has 2 aliphatic rings. The Morgan fingerprint density at radius 2 is 2.06 bits per heavy atom.